The Bertz CT molecular complexity index is 213. The Balaban J connectivity index is 0.000001000. The fourth-order valence-corrected chi connectivity index (χ4v) is 0.981. The van der Waals surface area contributed by atoms with Gasteiger partial charge in [-0.2, -0.15) is 18.6 Å². The minimum absolute atomic E-state index is 0. The SMILES string of the molecule is [CH2-]Nc1c([CH2-])cccc1C.[Y]. The number of benzene rings is 1. The normalized spacial score (nSPS) is 8.55. The molecule has 0 aliphatic heterocycles. The zero-order chi connectivity index (χ0) is 7.56. The molecule has 0 fully saturated rings. The van der Waals surface area contributed by atoms with Crippen LogP contribution in [0.4, 0.5) is 5.69 Å². The van der Waals surface area contributed by atoms with E-state index in [0.29, 0.717) is 0 Å². The van der Waals surface area contributed by atoms with Gasteiger partial charge in [0.1, 0.15) is 0 Å². The second-order valence-electron chi connectivity index (χ2n) is 2.29. The van der Waals surface area contributed by atoms with Crippen LogP contribution in [0.5, 0.6) is 0 Å². The first kappa shape index (κ1) is 11.0. The number of aryl methyl sites for hydroxylation is 1. The van der Waals surface area contributed by atoms with Crippen molar-refractivity contribution in [1.82, 2.24) is 0 Å². The minimum atomic E-state index is 0. The topological polar surface area (TPSA) is 12.0 Å². The van der Waals surface area contributed by atoms with Crippen molar-refractivity contribution in [2.75, 3.05) is 5.32 Å². The predicted octanol–water partition coefficient (Wildman–Crippen LogP) is 2.38. The number of hydrogen-bond acceptors (Lipinski definition) is 1. The minimum Gasteiger partial charge on any atom is -0.590 e. The smallest absolute Gasteiger partial charge is 0 e. The van der Waals surface area contributed by atoms with Gasteiger partial charge in [-0.25, -0.2) is 0 Å². The van der Waals surface area contributed by atoms with Gasteiger partial charge in [-0.05, 0) is 6.92 Å². The van der Waals surface area contributed by atoms with Crippen LogP contribution >= 0.6 is 0 Å². The van der Waals surface area contributed by atoms with Gasteiger partial charge in [0.15, 0.2) is 0 Å². The molecule has 1 aromatic carbocycles. The van der Waals surface area contributed by atoms with E-state index in [-0.39, 0.29) is 32.7 Å². The first-order valence-corrected chi connectivity index (χ1v) is 3.20. The zero-order valence-electron chi connectivity index (χ0n) is 6.72. The van der Waals surface area contributed by atoms with Gasteiger partial charge in [0, 0.05) is 32.7 Å². The van der Waals surface area contributed by atoms with Crippen LogP contribution in [0.1, 0.15) is 11.1 Å². The Hall–Kier alpha value is -0.00610. The van der Waals surface area contributed by atoms with Crippen molar-refractivity contribution in [2.24, 2.45) is 0 Å². The molecule has 11 heavy (non-hydrogen) atoms. The summed E-state index contributed by atoms with van der Waals surface area (Å²) in [4.78, 5) is 0. The van der Waals surface area contributed by atoms with Crippen LogP contribution in [-0.4, -0.2) is 0 Å². The summed E-state index contributed by atoms with van der Waals surface area (Å²) in [6, 6.07) is 5.97. The van der Waals surface area contributed by atoms with E-state index in [1.807, 2.05) is 25.1 Å². The van der Waals surface area contributed by atoms with Crippen molar-refractivity contribution in [2.45, 2.75) is 6.92 Å². The Labute approximate surface area is 93.5 Å². The Morgan fingerprint density at radius 1 is 1.36 bits per heavy atom. The van der Waals surface area contributed by atoms with Gasteiger partial charge in [-0.15, -0.1) is 6.07 Å². The van der Waals surface area contributed by atoms with E-state index in [9.17, 15) is 0 Å². The molecule has 0 amide bonds. The second-order valence-corrected chi connectivity index (χ2v) is 2.29. The van der Waals surface area contributed by atoms with Crippen LogP contribution in [-0.2, 0) is 32.7 Å². The molecular formula is C9H11NY-2. The van der Waals surface area contributed by atoms with Crippen LogP contribution in [0, 0.1) is 20.9 Å². The van der Waals surface area contributed by atoms with Crippen molar-refractivity contribution in [3.8, 4) is 0 Å². The first-order valence-electron chi connectivity index (χ1n) is 3.20. The van der Waals surface area contributed by atoms with E-state index < -0.39 is 0 Å². The molecular weight excluding hydrogens is 211 g/mol. The summed E-state index contributed by atoms with van der Waals surface area (Å²) >= 11 is 0. The Morgan fingerprint density at radius 3 is 2.36 bits per heavy atom. The van der Waals surface area contributed by atoms with Gasteiger partial charge in [0.05, 0.1) is 0 Å². The summed E-state index contributed by atoms with van der Waals surface area (Å²) in [6.07, 6.45) is 0. The monoisotopic (exact) mass is 222 g/mol. The third-order valence-electron chi connectivity index (χ3n) is 1.54. The van der Waals surface area contributed by atoms with Crippen LogP contribution in [0.3, 0.4) is 0 Å². The van der Waals surface area contributed by atoms with Gasteiger partial charge in [0.2, 0.25) is 0 Å². The summed E-state index contributed by atoms with van der Waals surface area (Å²) < 4.78 is 0. The van der Waals surface area contributed by atoms with Crippen molar-refractivity contribution in [1.29, 1.82) is 0 Å². The molecule has 0 bridgehead atoms. The summed E-state index contributed by atoms with van der Waals surface area (Å²) in [5.74, 6) is 0. The van der Waals surface area contributed by atoms with Gasteiger partial charge in [0.25, 0.3) is 0 Å². The molecule has 2 heteroatoms. The number of hydrogen-bond donors (Lipinski definition) is 1. The van der Waals surface area contributed by atoms with Crippen molar-refractivity contribution < 1.29 is 32.7 Å². The summed E-state index contributed by atoms with van der Waals surface area (Å²) in [6.45, 7) is 5.88. The maximum Gasteiger partial charge on any atom is 0 e. The predicted molar refractivity (Wildman–Crippen MR) is 44.6 cm³/mol. The van der Waals surface area contributed by atoms with E-state index in [1.165, 1.54) is 5.56 Å². The number of nitrogens with one attached hydrogen (secondary N) is 1. The van der Waals surface area contributed by atoms with Crippen LogP contribution in [0.15, 0.2) is 18.2 Å². The molecule has 1 nitrogen and oxygen atoms in total. The maximum atomic E-state index is 3.85. The van der Waals surface area contributed by atoms with Gasteiger partial charge >= 0.3 is 0 Å². The van der Waals surface area contributed by atoms with Gasteiger partial charge in [-0.1, -0.05) is 17.3 Å². The number of rotatable bonds is 1. The molecule has 0 saturated carbocycles. The van der Waals surface area contributed by atoms with Crippen LogP contribution in [0.2, 0.25) is 0 Å². The Morgan fingerprint density at radius 2 is 2.00 bits per heavy atom. The molecule has 57 valence electrons. The van der Waals surface area contributed by atoms with E-state index in [1.54, 1.807) is 0 Å². The molecule has 1 radical (unpaired) electrons. The molecule has 1 rings (SSSR count). The fraction of sp³-hybridized carbons (Fsp3) is 0.111. The quantitative estimate of drug-likeness (QED) is 0.719. The van der Waals surface area contributed by atoms with Crippen molar-refractivity contribution >= 4 is 5.69 Å². The van der Waals surface area contributed by atoms with E-state index in [4.69, 9.17) is 0 Å². The third-order valence-corrected chi connectivity index (χ3v) is 1.54. The molecule has 0 aliphatic rings. The zero-order valence-corrected chi connectivity index (χ0v) is 9.56. The fourth-order valence-electron chi connectivity index (χ4n) is 0.981. The van der Waals surface area contributed by atoms with Crippen molar-refractivity contribution in [3.63, 3.8) is 0 Å². The summed E-state index contributed by atoms with van der Waals surface area (Å²) in [5.41, 5.74) is 3.21. The van der Waals surface area contributed by atoms with Gasteiger partial charge in [-0.3, -0.25) is 7.05 Å². The summed E-state index contributed by atoms with van der Waals surface area (Å²) in [7, 11) is 3.59. The van der Waals surface area contributed by atoms with Crippen molar-refractivity contribution in [3.05, 3.63) is 43.3 Å². The Kier molecular flexibility index (Phi) is 4.79. The maximum absolute atomic E-state index is 3.85. The molecule has 0 aromatic heterocycles. The molecule has 0 atom stereocenters. The average molecular weight is 222 g/mol. The largest absolute Gasteiger partial charge is 0.590 e. The third kappa shape index (κ3) is 2.50. The summed E-state index contributed by atoms with van der Waals surface area (Å²) in [5, 5.41) is 2.85. The molecule has 0 heterocycles. The second kappa shape index (κ2) is 4.79. The molecule has 0 aliphatic carbocycles. The molecule has 0 unspecified atom stereocenters. The molecule has 0 saturated heterocycles. The van der Waals surface area contributed by atoms with Crippen LogP contribution < -0.4 is 5.32 Å². The van der Waals surface area contributed by atoms with E-state index in [0.717, 1.165) is 11.3 Å². The van der Waals surface area contributed by atoms with E-state index >= 15 is 0 Å². The van der Waals surface area contributed by atoms with E-state index in [2.05, 4.69) is 19.3 Å². The van der Waals surface area contributed by atoms with Gasteiger partial charge < -0.3 is 5.32 Å². The number of para-hydroxylation sites is 1. The number of anilines is 1. The molecule has 1 N–H and O–H groups in total. The molecule has 1 aromatic rings. The average Bonchev–Trinajstić information content (AvgIpc) is 1.88. The molecule has 0 spiro atoms. The standard InChI is InChI=1S/C9H11N.Y/c1-7-5-4-6-8(2)9(7)10-3;/h4-6,10H,1,3H2,2H3;/q-2;. The first-order chi connectivity index (χ1) is 4.75. The van der Waals surface area contributed by atoms with Crippen LogP contribution in [0.25, 0.3) is 0 Å².